The fraction of sp³-hybridized carbons (Fsp3) is 0. The Balaban J connectivity index is 1.04. The minimum atomic E-state index is 0.685. The molecule has 0 radical (unpaired) electrons. The molecule has 0 N–H and O–H groups in total. The van der Waals surface area contributed by atoms with Crippen LogP contribution in [0.3, 0.4) is 0 Å². The van der Waals surface area contributed by atoms with Gasteiger partial charge in [-0.2, -0.15) is 0 Å². The Bertz CT molecular complexity index is 4280. The predicted octanol–water partition coefficient (Wildman–Crippen LogP) is 18.2. The molecular formula is C71H47N5. The van der Waals surface area contributed by atoms with Gasteiger partial charge in [0.1, 0.15) is 0 Å². The summed E-state index contributed by atoms with van der Waals surface area (Å²) in [6, 6.07) is 101. The minimum Gasteiger partial charge on any atom is -0.277 e. The zero-order valence-electron chi connectivity index (χ0n) is 41.4. The average molecular weight is 970 g/mol. The first-order chi connectivity index (χ1) is 37.7. The van der Waals surface area contributed by atoms with Crippen molar-refractivity contribution in [1.82, 2.24) is 23.9 Å². The lowest BCUT2D eigenvalue weighted by Crippen LogP contribution is -2.02. The first kappa shape index (κ1) is 44.5. The third-order valence-electron chi connectivity index (χ3n) is 14.6. The summed E-state index contributed by atoms with van der Waals surface area (Å²) in [7, 11) is 0. The summed E-state index contributed by atoms with van der Waals surface area (Å²) in [4.78, 5) is 16.0. The molecule has 14 rings (SSSR count). The summed E-state index contributed by atoms with van der Waals surface area (Å²) in [5, 5.41) is 0. The van der Waals surface area contributed by atoms with Crippen LogP contribution in [-0.2, 0) is 0 Å². The molecule has 0 fully saturated rings. The fourth-order valence-electron chi connectivity index (χ4n) is 10.9. The van der Waals surface area contributed by atoms with E-state index in [2.05, 4.69) is 270 Å². The summed E-state index contributed by atoms with van der Waals surface area (Å²) in [6.45, 7) is 0. The number of rotatable bonds is 10. The van der Waals surface area contributed by atoms with Gasteiger partial charge in [-0.1, -0.05) is 237 Å². The van der Waals surface area contributed by atoms with E-state index in [-0.39, 0.29) is 0 Å². The van der Waals surface area contributed by atoms with Crippen molar-refractivity contribution in [1.29, 1.82) is 0 Å². The normalized spacial score (nSPS) is 11.4. The maximum atomic E-state index is 5.60. The fourth-order valence-corrected chi connectivity index (χ4v) is 10.9. The van der Waals surface area contributed by atoms with Crippen molar-refractivity contribution < 1.29 is 0 Å². The van der Waals surface area contributed by atoms with Crippen LogP contribution in [0.5, 0.6) is 0 Å². The number of nitrogens with zero attached hydrogens (tertiary/aromatic N) is 5. The van der Waals surface area contributed by atoms with E-state index in [0.717, 1.165) is 128 Å². The molecule has 0 aliphatic carbocycles. The molecule has 0 unspecified atom stereocenters. The van der Waals surface area contributed by atoms with Crippen molar-refractivity contribution in [2.24, 2.45) is 0 Å². The quantitative estimate of drug-likeness (QED) is 0.137. The zero-order chi connectivity index (χ0) is 50.4. The first-order valence-corrected chi connectivity index (χ1v) is 25.8. The van der Waals surface area contributed by atoms with Crippen LogP contribution < -0.4 is 0 Å². The van der Waals surface area contributed by atoms with Gasteiger partial charge in [0.15, 0.2) is 5.82 Å². The van der Waals surface area contributed by atoms with E-state index in [9.17, 15) is 0 Å². The second-order valence-electron chi connectivity index (χ2n) is 19.2. The highest BCUT2D eigenvalue weighted by Gasteiger charge is 2.25. The summed E-state index contributed by atoms with van der Waals surface area (Å²) < 4.78 is 4.79. The van der Waals surface area contributed by atoms with Gasteiger partial charge in [-0.05, 0) is 104 Å². The van der Waals surface area contributed by atoms with Crippen molar-refractivity contribution >= 4 is 27.8 Å². The number of fused-ring (bicyclic) bond motifs is 5. The predicted molar refractivity (Wildman–Crippen MR) is 314 cm³/mol. The number of aromatic nitrogens is 5. The molecule has 0 atom stereocenters. The highest BCUT2D eigenvalue weighted by Crippen LogP contribution is 2.45. The number of imidazole rings is 2. The molecule has 0 bridgehead atoms. The van der Waals surface area contributed by atoms with E-state index in [0.29, 0.717) is 5.82 Å². The summed E-state index contributed by atoms with van der Waals surface area (Å²) in [5.41, 5.74) is 23.3. The highest BCUT2D eigenvalue weighted by atomic mass is 15.2. The van der Waals surface area contributed by atoms with E-state index in [1.807, 2.05) is 24.3 Å². The van der Waals surface area contributed by atoms with Gasteiger partial charge in [0, 0.05) is 27.8 Å². The lowest BCUT2D eigenvalue weighted by Gasteiger charge is -2.20. The Hall–Kier alpha value is -10.2. The summed E-state index contributed by atoms with van der Waals surface area (Å²) >= 11 is 0. The second-order valence-corrected chi connectivity index (χ2v) is 19.2. The van der Waals surface area contributed by atoms with Crippen LogP contribution in [0.4, 0.5) is 0 Å². The first-order valence-electron chi connectivity index (χ1n) is 25.8. The van der Waals surface area contributed by atoms with Crippen molar-refractivity contribution in [2.45, 2.75) is 0 Å². The lowest BCUT2D eigenvalue weighted by molar-refractivity contribution is 1.11. The molecule has 0 aliphatic heterocycles. The van der Waals surface area contributed by atoms with Crippen molar-refractivity contribution in [3.63, 3.8) is 0 Å². The van der Waals surface area contributed by atoms with E-state index in [4.69, 9.17) is 15.0 Å². The van der Waals surface area contributed by atoms with E-state index >= 15 is 0 Å². The molecule has 14 aromatic rings. The van der Waals surface area contributed by atoms with E-state index in [1.54, 1.807) is 0 Å². The average Bonchev–Trinajstić information content (AvgIpc) is 4.20. The van der Waals surface area contributed by atoms with Gasteiger partial charge >= 0.3 is 0 Å². The van der Waals surface area contributed by atoms with Crippen molar-refractivity contribution in [3.8, 4) is 106 Å². The zero-order valence-corrected chi connectivity index (χ0v) is 41.4. The Morgan fingerprint density at radius 3 is 1.24 bits per heavy atom. The number of hydrogen-bond donors (Lipinski definition) is 0. The van der Waals surface area contributed by atoms with Crippen LogP contribution in [0, 0.1) is 0 Å². The van der Waals surface area contributed by atoms with Crippen LogP contribution in [0.25, 0.3) is 134 Å². The van der Waals surface area contributed by atoms with Crippen LogP contribution in [0.1, 0.15) is 0 Å². The Kier molecular flexibility index (Phi) is 11.1. The minimum absolute atomic E-state index is 0.685. The van der Waals surface area contributed by atoms with Gasteiger partial charge in [-0.15, -0.1) is 0 Å². The Labute approximate surface area is 441 Å². The molecule has 0 spiro atoms. The van der Waals surface area contributed by atoms with Crippen molar-refractivity contribution in [2.75, 3.05) is 0 Å². The Morgan fingerprint density at radius 1 is 0.237 bits per heavy atom. The second kappa shape index (κ2) is 19.0. The molecule has 76 heavy (non-hydrogen) atoms. The lowest BCUT2D eigenvalue weighted by atomic mass is 9.90. The monoisotopic (exact) mass is 969 g/mol. The van der Waals surface area contributed by atoms with Gasteiger partial charge in [0.2, 0.25) is 5.78 Å². The molecule has 3 aromatic heterocycles. The van der Waals surface area contributed by atoms with Gasteiger partial charge in [-0.25, -0.2) is 15.0 Å². The van der Waals surface area contributed by atoms with Crippen LogP contribution >= 0.6 is 0 Å². The molecule has 3 heterocycles. The Morgan fingerprint density at radius 2 is 0.671 bits per heavy atom. The summed E-state index contributed by atoms with van der Waals surface area (Å²) in [6.07, 6.45) is 0. The van der Waals surface area contributed by atoms with E-state index < -0.39 is 0 Å². The van der Waals surface area contributed by atoms with Gasteiger partial charge < -0.3 is 0 Å². The molecule has 11 aromatic carbocycles. The molecule has 5 nitrogen and oxygen atoms in total. The largest absolute Gasteiger partial charge is 0.277 e. The van der Waals surface area contributed by atoms with Crippen LogP contribution in [-0.4, -0.2) is 23.9 Å². The molecule has 0 aliphatic rings. The molecule has 0 saturated heterocycles. The topological polar surface area (TPSA) is 48.0 Å². The molecular weight excluding hydrogens is 923 g/mol. The molecule has 0 amide bonds. The molecule has 5 heteroatoms. The van der Waals surface area contributed by atoms with Gasteiger partial charge in [-0.3, -0.25) is 8.97 Å². The van der Waals surface area contributed by atoms with Gasteiger partial charge in [0.25, 0.3) is 0 Å². The standard InChI is InChI=1S/C71H47N5/c1-8-22-48(23-9-1)55-37-40-63-67(45-55)75-68-46-56(59-39-36-57(42-60(59)50-26-12-3-13-27-50)65-47-64(53-32-18-6-19-33-53)72-70(73-65)54-34-20-7-21-35-54)38-41-66(68)76(71(75)74-63)69-61(51-28-14-4-15-29-51)43-58(49-24-10-2-11-25-49)44-62(69)52-30-16-5-17-31-52/h1-47H. The number of benzene rings is 11. The van der Waals surface area contributed by atoms with Crippen LogP contribution in [0.15, 0.2) is 285 Å². The number of hydrogen-bond acceptors (Lipinski definition) is 3. The molecule has 356 valence electrons. The summed E-state index contributed by atoms with van der Waals surface area (Å²) in [5.74, 6) is 1.52. The maximum absolute atomic E-state index is 5.60. The molecule has 0 saturated carbocycles. The SMILES string of the molecule is c1ccc(-c2cc(-c3ccccc3)c(-n3c4ccc(-c5ccc(-c6cc(-c7ccccc7)nc(-c7ccccc7)n6)cc5-c5ccccc5)cc4n4c5cc(-c6ccccc6)ccc5nc34)c(-c3ccccc3)c2)cc1. The highest BCUT2D eigenvalue weighted by molar-refractivity contribution is 6.01. The van der Waals surface area contributed by atoms with Gasteiger partial charge in [0.05, 0.1) is 39.1 Å². The maximum Gasteiger partial charge on any atom is 0.220 e. The third-order valence-corrected chi connectivity index (χ3v) is 14.6. The smallest absolute Gasteiger partial charge is 0.220 e. The third kappa shape index (κ3) is 8.04. The van der Waals surface area contributed by atoms with E-state index in [1.165, 1.54) is 0 Å². The van der Waals surface area contributed by atoms with Crippen LogP contribution in [0.2, 0.25) is 0 Å². The van der Waals surface area contributed by atoms with Crippen molar-refractivity contribution in [3.05, 3.63) is 285 Å².